The normalized spacial score (nSPS) is 13.3. The van der Waals surface area contributed by atoms with Gasteiger partial charge in [0.15, 0.2) is 8.32 Å². The van der Waals surface area contributed by atoms with Crippen LogP contribution in [0.25, 0.3) is 10.9 Å². The van der Waals surface area contributed by atoms with Crippen molar-refractivity contribution in [3.8, 4) is 5.75 Å². The molecule has 0 bridgehead atoms. The Kier molecular flexibility index (Phi) is 15.7. The van der Waals surface area contributed by atoms with Crippen LogP contribution in [0, 0.1) is 0 Å². The minimum Gasteiger partial charge on any atom is -0.492 e. The Morgan fingerprint density at radius 2 is 1.38 bits per heavy atom. The number of ether oxygens (including phenoxy) is 4. The average molecular weight is 847 g/mol. The Morgan fingerprint density at radius 3 is 1.90 bits per heavy atom. The highest BCUT2D eigenvalue weighted by Crippen LogP contribution is 2.34. The lowest BCUT2D eigenvalue weighted by molar-refractivity contribution is 0.0131. The molecule has 2 aromatic carbocycles. The van der Waals surface area contributed by atoms with E-state index < -0.39 is 59.5 Å². The molecule has 0 unspecified atom stereocenters. The Hall–Kier alpha value is -4.15. The van der Waals surface area contributed by atoms with Crippen LogP contribution in [0.15, 0.2) is 42.5 Å². The first kappa shape index (κ1) is 48.2. The molecule has 0 saturated carbocycles. The average Bonchev–Trinajstić information content (AvgIpc) is 3.46. The molecule has 58 heavy (non-hydrogen) atoms. The summed E-state index contributed by atoms with van der Waals surface area (Å²) in [5.41, 5.74) is -0.572. The molecule has 2 amide bonds. The standard InChI is InChI=1S/C42H66N4O10SSi/c1-16-58(17-2,18-3)56-35(30-20-19-21-31(26-30)46(57(15,50)51)39(49)55-42(12,13)14)28-44(37(47)53-40(6,7)8)24-25-52-32-22-23-33-34(27-32)45(43-36(33)29(4)5)38(48)54-41(9,10)11/h19-23,26-27,29,35H,16-18,24-25,28H2,1-15H3/t35-/m0/s1. The molecule has 0 saturated heterocycles. The molecule has 3 rings (SSSR count). The maximum absolute atomic E-state index is 13.9. The molecule has 16 heteroatoms. The van der Waals surface area contributed by atoms with E-state index in [4.69, 9.17) is 23.4 Å². The van der Waals surface area contributed by atoms with Crippen LogP contribution in [0.3, 0.4) is 0 Å². The highest BCUT2D eigenvalue weighted by atomic mass is 32.2. The summed E-state index contributed by atoms with van der Waals surface area (Å²) < 4.78 is 58.3. The van der Waals surface area contributed by atoms with Crippen LogP contribution < -0.4 is 9.04 Å². The lowest BCUT2D eigenvalue weighted by atomic mass is 10.1. The Bertz CT molecular complexity index is 2000. The number of anilines is 1. The van der Waals surface area contributed by atoms with Crippen molar-refractivity contribution in [2.75, 3.05) is 30.3 Å². The monoisotopic (exact) mass is 846 g/mol. The number of hydrogen-bond acceptors (Lipinski definition) is 11. The van der Waals surface area contributed by atoms with Gasteiger partial charge in [-0.05, 0) is 116 Å². The number of nitrogens with zero attached hydrogens (tertiary/aromatic N) is 4. The third-order valence-corrected chi connectivity index (χ3v) is 14.8. The maximum Gasteiger partial charge on any atom is 0.435 e. The second kappa shape index (κ2) is 18.8. The van der Waals surface area contributed by atoms with Gasteiger partial charge in [0.25, 0.3) is 0 Å². The molecule has 14 nitrogen and oxygen atoms in total. The van der Waals surface area contributed by atoms with E-state index in [-0.39, 0.29) is 31.3 Å². The molecular formula is C42H66N4O10SSi. The third kappa shape index (κ3) is 13.4. The summed E-state index contributed by atoms with van der Waals surface area (Å²) in [7, 11) is -6.49. The lowest BCUT2D eigenvalue weighted by Crippen LogP contribution is -2.45. The quantitative estimate of drug-likeness (QED) is 0.106. The van der Waals surface area contributed by atoms with Gasteiger partial charge in [0.2, 0.25) is 10.0 Å². The van der Waals surface area contributed by atoms with Crippen molar-refractivity contribution in [1.82, 2.24) is 14.7 Å². The van der Waals surface area contributed by atoms with Gasteiger partial charge in [-0.2, -0.15) is 14.1 Å². The second-order valence-electron chi connectivity index (χ2n) is 17.8. The lowest BCUT2D eigenvalue weighted by Gasteiger charge is -2.37. The first-order valence-corrected chi connectivity index (χ1v) is 24.4. The van der Waals surface area contributed by atoms with Crippen LogP contribution in [0.1, 0.15) is 120 Å². The van der Waals surface area contributed by atoms with Crippen molar-refractivity contribution in [2.45, 2.75) is 144 Å². The van der Waals surface area contributed by atoms with Gasteiger partial charge in [-0.1, -0.05) is 46.8 Å². The molecule has 0 aliphatic rings. The molecule has 0 radical (unpaired) electrons. The summed E-state index contributed by atoms with van der Waals surface area (Å²) in [6.07, 6.45) is -2.02. The number of sulfonamides is 1. The molecule has 1 heterocycles. The van der Waals surface area contributed by atoms with E-state index in [0.29, 0.717) is 21.1 Å². The number of rotatable bonds is 15. The van der Waals surface area contributed by atoms with Crippen LogP contribution in [-0.2, 0) is 28.7 Å². The van der Waals surface area contributed by atoms with Gasteiger partial charge in [-0.25, -0.2) is 22.8 Å². The number of fused-ring (bicyclic) bond motifs is 1. The van der Waals surface area contributed by atoms with Crippen LogP contribution >= 0.6 is 0 Å². The zero-order valence-electron chi connectivity index (χ0n) is 37.2. The number of aromatic nitrogens is 2. The van der Waals surface area contributed by atoms with Crippen molar-refractivity contribution in [2.24, 2.45) is 0 Å². The molecule has 0 fully saturated rings. The summed E-state index contributed by atoms with van der Waals surface area (Å²) in [6, 6.07) is 14.4. The molecule has 3 aromatic rings. The van der Waals surface area contributed by atoms with Gasteiger partial charge >= 0.3 is 18.3 Å². The molecular weight excluding hydrogens is 781 g/mol. The Balaban J connectivity index is 2.06. The van der Waals surface area contributed by atoms with Crippen molar-refractivity contribution in [3.63, 3.8) is 0 Å². The molecule has 0 spiro atoms. The number of carbonyl (C=O) groups excluding carboxylic acids is 3. The van der Waals surface area contributed by atoms with Crippen molar-refractivity contribution in [3.05, 3.63) is 53.7 Å². The topological polar surface area (TPSA) is 156 Å². The van der Waals surface area contributed by atoms with Gasteiger partial charge in [0.05, 0.1) is 42.3 Å². The number of amides is 2. The molecule has 1 aromatic heterocycles. The third-order valence-electron chi connectivity index (χ3n) is 9.15. The predicted molar refractivity (Wildman–Crippen MR) is 230 cm³/mol. The van der Waals surface area contributed by atoms with Crippen molar-refractivity contribution >= 4 is 53.2 Å². The molecule has 0 aliphatic carbocycles. The molecule has 1 atom stereocenters. The zero-order chi connectivity index (χ0) is 44.0. The fraction of sp³-hybridized carbons (Fsp3) is 0.619. The predicted octanol–water partition coefficient (Wildman–Crippen LogP) is 10.0. The molecule has 324 valence electrons. The van der Waals surface area contributed by atoms with E-state index in [0.717, 1.165) is 35.5 Å². The van der Waals surface area contributed by atoms with Crippen LogP contribution in [0.4, 0.5) is 20.1 Å². The van der Waals surface area contributed by atoms with Gasteiger partial charge < -0.3 is 28.3 Å². The van der Waals surface area contributed by atoms with E-state index >= 15 is 0 Å². The minimum atomic E-state index is -4.11. The van der Waals surface area contributed by atoms with E-state index in [1.165, 1.54) is 15.6 Å². The van der Waals surface area contributed by atoms with E-state index in [1.54, 1.807) is 92.6 Å². The van der Waals surface area contributed by atoms with E-state index in [2.05, 4.69) is 25.9 Å². The summed E-state index contributed by atoms with van der Waals surface area (Å²) >= 11 is 0. The van der Waals surface area contributed by atoms with Crippen LogP contribution in [-0.4, -0.2) is 92.5 Å². The number of carbonyl (C=O) groups is 3. The SMILES string of the molecule is CC[Si](CC)(CC)O[C@@H](CN(CCOc1ccc2c(C(C)C)nn(C(=O)OC(C)(C)C)c2c1)C(=O)OC(C)(C)C)c1cccc(N(C(=O)OC(C)(C)C)S(C)(=O)=O)c1. The summed E-state index contributed by atoms with van der Waals surface area (Å²) in [5, 5.41) is 5.39. The smallest absolute Gasteiger partial charge is 0.435 e. The highest BCUT2D eigenvalue weighted by Gasteiger charge is 2.36. The summed E-state index contributed by atoms with van der Waals surface area (Å²) in [6.45, 7) is 26.1. The molecule has 0 N–H and O–H groups in total. The summed E-state index contributed by atoms with van der Waals surface area (Å²) in [4.78, 5) is 42.0. The van der Waals surface area contributed by atoms with Crippen molar-refractivity contribution < 1.29 is 46.2 Å². The van der Waals surface area contributed by atoms with Gasteiger partial charge in [0.1, 0.15) is 29.2 Å². The summed E-state index contributed by atoms with van der Waals surface area (Å²) in [5.74, 6) is 0.493. The number of benzene rings is 2. The van der Waals surface area contributed by atoms with Crippen molar-refractivity contribution in [1.29, 1.82) is 0 Å². The largest absolute Gasteiger partial charge is 0.492 e. The minimum absolute atomic E-state index is 0.0317. The van der Waals surface area contributed by atoms with E-state index in [1.807, 2.05) is 19.9 Å². The van der Waals surface area contributed by atoms with Crippen LogP contribution in [0.2, 0.25) is 18.1 Å². The highest BCUT2D eigenvalue weighted by molar-refractivity contribution is 7.92. The van der Waals surface area contributed by atoms with Gasteiger partial charge in [0, 0.05) is 11.5 Å². The van der Waals surface area contributed by atoms with Gasteiger partial charge in [-0.3, -0.25) is 0 Å². The second-order valence-corrected chi connectivity index (χ2v) is 24.4. The number of hydrogen-bond donors (Lipinski definition) is 0. The fourth-order valence-electron chi connectivity index (χ4n) is 6.24. The Labute approximate surface area is 346 Å². The van der Waals surface area contributed by atoms with Crippen LogP contribution in [0.5, 0.6) is 5.75 Å². The zero-order valence-corrected chi connectivity index (χ0v) is 39.0. The molecule has 0 aliphatic heterocycles. The Morgan fingerprint density at radius 1 is 0.810 bits per heavy atom. The first-order valence-electron chi connectivity index (χ1n) is 20.0. The fourth-order valence-corrected chi connectivity index (χ4v) is 9.86. The van der Waals surface area contributed by atoms with Gasteiger partial charge in [-0.15, -0.1) is 0 Å². The first-order chi connectivity index (χ1) is 26.6. The maximum atomic E-state index is 13.9. The van der Waals surface area contributed by atoms with E-state index in [9.17, 15) is 22.8 Å².